The van der Waals surface area contributed by atoms with Gasteiger partial charge in [0.1, 0.15) is 0 Å². The largest absolute Gasteiger partial charge is 0.355 e. The van der Waals surface area contributed by atoms with E-state index >= 15 is 0 Å². The lowest BCUT2D eigenvalue weighted by atomic mass is 9.92. The molecule has 0 saturated carbocycles. The van der Waals surface area contributed by atoms with E-state index in [0.717, 1.165) is 16.9 Å². The first kappa shape index (κ1) is 20.7. The number of Topliss-reactive ketones (excluding diaryl/α,β-unsaturated/α-hetero) is 1. The zero-order valence-electron chi connectivity index (χ0n) is 17.7. The standard InChI is InChI=1S/C23H30N2O2/c1-13-14(2)16(4)23(17(5)15(13)3)24-21-10-9-19(18(6)26)11-20(21)12-22(27)25(7)8/h9-11,24H,12H2,1-8H3. The van der Waals surface area contributed by atoms with Gasteiger partial charge in [0.05, 0.1) is 6.42 Å². The highest BCUT2D eigenvalue weighted by atomic mass is 16.2. The van der Waals surface area contributed by atoms with E-state index in [0.29, 0.717) is 5.56 Å². The average Bonchev–Trinajstić information content (AvgIpc) is 2.62. The van der Waals surface area contributed by atoms with Gasteiger partial charge in [-0.3, -0.25) is 9.59 Å². The van der Waals surface area contributed by atoms with Gasteiger partial charge in [0.2, 0.25) is 5.91 Å². The van der Waals surface area contributed by atoms with Crippen molar-refractivity contribution in [1.82, 2.24) is 4.90 Å². The lowest BCUT2D eigenvalue weighted by molar-refractivity contribution is -0.127. The van der Waals surface area contributed by atoms with Crippen LogP contribution >= 0.6 is 0 Å². The van der Waals surface area contributed by atoms with Crippen LogP contribution < -0.4 is 5.32 Å². The monoisotopic (exact) mass is 366 g/mol. The number of carbonyl (C=O) groups is 2. The van der Waals surface area contributed by atoms with E-state index in [9.17, 15) is 9.59 Å². The molecule has 27 heavy (non-hydrogen) atoms. The molecular formula is C23H30N2O2. The number of carbonyl (C=O) groups excluding carboxylic acids is 2. The van der Waals surface area contributed by atoms with Gasteiger partial charge in [-0.15, -0.1) is 0 Å². The van der Waals surface area contributed by atoms with Gasteiger partial charge in [-0.25, -0.2) is 0 Å². The number of rotatable bonds is 5. The highest BCUT2D eigenvalue weighted by Gasteiger charge is 2.16. The number of nitrogens with zero attached hydrogens (tertiary/aromatic N) is 1. The van der Waals surface area contributed by atoms with Crippen LogP contribution in [0.1, 0.15) is 50.7 Å². The smallest absolute Gasteiger partial charge is 0.226 e. The van der Waals surface area contributed by atoms with Crippen molar-refractivity contribution < 1.29 is 9.59 Å². The van der Waals surface area contributed by atoms with Gasteiger partial charge in [-0.2, -0.15) is 0 Å². The van der Waals surface area contributed by atoms with Gasteiger partial charge in [-0.05, 0) is 93.1 Å². The fourth-order valence-electron chi connectivity index (χ4n) is 3.22. The van der Waals surface area contributed by atoms with Crippen LogP contribution in [0.2, 0.25) is 0 Å². The summed E-state index contributed by atoms with van der Waals surface area (Å²) in [5.41, 5.74) is 9.65. The molecule has 0 aliphatic carbocycles. The molecule has 0 saturated heterocycles. The van der Waals surface area contributed by atoms with E-state index in [1.54, 1.807) is 25.9 Å². The predicted octanol–water partition coefficient (Wildman–Crippen LogP) is 4.81. The number of anilines is 2. The van der Waals surface area contributed by atoms with Gasteiger partial charge < -0.3 is 10.2 Å². The molecule has 2 aromatic rings. The van der Waals surface area contributed by atoms with Gasteiger partial charge in [0.25, 0.3) is 0 Å². The molecule has 0 radical (unpaired) electrons. The maximum atomic E-state index is 12.3. The summed E-state index contributed by atoms with van der Waals surface area (Å²) >= 11 is 0. The Morgan fingerprint density at radius 2 is 1.41 bits per heavy atom. The van der Waals surface area contributed by atoms with Crippen molar-refractivity contribution >= 4 is 23.1 Å². The van der Waals surface area contributed by atoms with Crippen LogP contribution in [0, 0.1) is 34.6 Å². The molecule has 0 heterocycles. The van der Waals surface area contributed by atoms with Gasteiger partial charge in [-0.1, -0.05) is 0 Å². The zero-order chi connectivity index (χ0) is 20.5. The Hall–Kier alpha value is -2.62. The molecule has 0 aliphatic rings. The van der Waals surface area contributed by atoms with Gasteiger partial charge >= 0.3 is 0 Å². The molecule has 4 heteroatoms. The Kier molecular flexibility index (Phi) is 6.09. The minimum absolute atomic E-state index is 0.00321. The van der Waals surface area contributed by atoms with Crippen molar-refractivity contribution in [3.63, 3.8) is 0 Å². The van der Waals surface area contributed by atoms with Crippen LogP contribution in [0.3, 0.4) is 0 Å². The molecule has 144 valence electrons. The second-order valence-electron chi connectivity index (χ2n) is 7.52. The van der Waals surface area contributed by atoms with E-state index in [-0.39, 0.29) is 18.1 Å². The van der Waals surface area contributed by atoms with Crippen molar-refractivity contribution in [2.75, 3.05) is 19.4 Å². The Morgan fingerprint density at radius 1 is 0.889 bits per heavy atom. The predicted molar refractivity (Wildman–Crippen MR) is 112 cm³/mol. The van der Waals surface area contributed by atoms with E-state index in [1.165, 1.54) is 27.8 Å². The van der Waals surface area contributed by atoms with E-state index in [4.69, 9.17) is 0 Å². The first-order valence-electron chi connectivity index (χ1n) is 9.22. The van der Waals surface area contributed by atoms with E-state index in [1.807, 2.05) is 18.2 Å². The highest BCUT2D eigenvalue weighted by molar-refractivity contribution is 5.95. The molecule has 2 rings (SSSR count). The maximum absolute atomic E-state index is 12.3. The van der Waals surface area contributed by atoms with Crippen LogP contribution in [0.4, 0.5) is 11.4 Å². The number of hydrogen-bond acceptors (Lipinski definition) is 3. The van der Waals surface area contributed by atoms with Crippen LogP contribution in [-0.2, 0) is 11.2 Å². The summed E-state index contributed by atoms with van der Waals surface area (Å²) in [7, 11) is 3.48. The molecule has 0 unspecified atom stereocenters. The molecule has 0 atom stereocenters. The second-order valence-corrected chi connectivity index (χ2v) is 7.52. The molecular weight excluding hydrogens is 336 g/mol. The molecule has 0 aliphatic heterocycles. The molecule has 0 aromatic heterocycles. The summed E-state index contributed by atoms with van der Waals surface area (Å²) < 4.78 is 0. The fraction of sp³-hybridized carbons (Fsp3) is 0.391. The lowest BCUT2D eigenvalue weighted by Gasteiger charge is -2.22. The number of ketones is 1. The van der Waals surface area contributed by atoms with Crippen LogP contribution in [0.25, 0.3) is 0 Å². The summed E-state index contributed by atoms with van der Waals surface area (Å²) in [6.07, 6.45) is 0.248. The Bertz CT molecular complexity index is 882. The summed E-state index contributed by atoms with van der Waals surface area (Å²) in [6.45, 7) is 12.2. The van der Waals surface area contributed by atoms with Crippen molar-refractivity contribution in [3.8, 4) is 0 Å². The lowest BCUT2D eigenvalue weighted by Crippen LogP contribution is -2.24. The minimum Gasteiger partial charge on any atom is -0.355 e. The molecule has 2 aromatic carbocycles. The van der Waals surface area contributed by atoms with Crippen LogP contribution in [0.5, 0.6) is 0 Å². The number of benzene rings is 2. The molecule has 0 spiro atoms. The normalized spacial score (nSPS) is 10.7. The average molecular weight is 367 g/mol. The van der Waals surface area contributed by atoms with Gasteiger partial charge in [0.15, 0.2) is 5.78 Å². The van der Waals surface area contributed by atoms with E-state index < -0.39 is 0 Å². The SMILES string of the molecule is CC(=O)c1ccc(Nc2c(C)c(C)c(C)c(C)c2C)c(CC(=O)N(C)C)c1. The number of nitrogens with one attached hydrogen (secondary N) is 1. The Balaban J connectivity index is 2.56. The third-order valence-electron chi connectivity index (χ3n) is 5.61. The quantitative estimate of drug-likeness (QED) is 0.773. The van der Waals surface area contributed by atoms with Crippen LogP contribution in [0.15, 0.2) is 18.2 Å². The summed E-state index contributed by atoms with van der Waals surface area (Å²) in [5.74, 6) is -0.00190. The first-order chi connectivity index (χ1) is 12.5. The second kappa shape index (κ2) is 7.95. The molecule has 1 amide bonds. The zero-order valence-corrected chi connectivity index (χ0v) is 17.7. The topological polar surface area (TPSA) is 49.4 Å². The molecule has 1 N–H and O–H groups in total. The third kappa shape index (κ3) is 4.21. The Labute approximate surface area is 162 Å². The number of amides is 1. The van der Waals surface area contributed by atoms with Crippen molar-refractivity contribution in [1.29, 1.82) is 0 Å². The van der Waals surface area contributed by atoms with Gasteiger partial charge in [0, 0.05) is 31.0 Å². The van der Waals surface area contributed by atoms with E-state index in [2.05, 4.69) is 39.9 Å². The first-order valence-corrected chi connectivity index (χ1v) is 9.22. The van der Waals surface area contributed by atoms with Crippen molar-refractivity contribution in [3.05, 3.63) is 57.1 Å². The molecule has 0 bridgehead atoms. The van der Waals surface area contributed by atoms with Crippen molar-refractivity contribution in [2.24, 2.45) is 0 Å². The Morgan fingerprint density at radius 3 is 1.89 bits per heavy atom. The molecule has 4 nitrogen and oxygen atoms in total. The summed E-state index contributed by atoms with van der Waals surface area (Å²) in [4.78, 5) is 25.7. The third-order valence-corrected chi connectivity index (χ3v) is 5.61. The highest BCUT2D eigenvalue weighted by Crippen LogP contribution is 2.33. The maximum Gasteiger partial charge on any atom is 0.226 e. The minimum atomic E-state index is -0.00510. The van der Waals surface area contributed by atoms with Crippen LogP contribution in [-0.4, -0.2) is 30.7 Å². The summed E-state index contributed by atoms with van der Waals surface area (Å²) in [6, 6.07) is 5.54. The molecule has 0 fully saturated rings. The fourth-order valence-corrected chi connectivity index (χ4v) is 3.22. The van der Waals surface area contributed by atoms with Crippen molar-refractivity contribution in [2.45, 2.75) is 48.0 Å². The number of likely N-dealkylation sites (N-methyl/N-ethyl adjacent to an activating group) is 1. The number of hydrogen-bond donors (Lipinski definition) is 1. The summed E-state index contributed by atoms with van der Waals surface area (Å²) in [5, 5.41) is 3.55.